The Hall–Kier alpha value is -1.57. The fraction of sp³-hybridized carbons (Fsp3) is 0.308. The fourth-order valence-corrected chi connectivity index (χ4v) is 1.56. The van der Waals surface area contributed by atoms with Gasteiger partial charge in [0.2, 0.25) is 0 Å². The van der Waals surface area contributed by atoms with Crippen LogP contribution in [0.25, 0.3) is 11.3 Å². The molecule has 0 amide bonds. The molecule has 0 bridgehead atoms. The minimum Gasteiger partial charge on any atom is -0.334 e. The van der Waals surface area contributed by atoms with Crippen LogP contribution in [0, 0.1) is 6.92 Å². The maximum Gasteiger partial charge on any atom is 0.0951 e. The van der Waals surface area contributed by atoms with Crippen LogP contribution in [0.15, 0.2) is 36.7 Å². The van der Waals surface area contributed by atoms with Crippen LogP contribution in [0.3, 0.4) is 0 Å². The van der Waals surface area contributed by atoms with Crippen LogP contribution in [0.2, 0.25) is 0 Å². The molecule has 1 aromatic heterocycles. The average molecular weight is 202 g/mol. The van der Waals surface area contributed by atoms with Crippen LogP contribution in [-0.2, 0) is 7.05 Å². The highest BCUT2D eigenvalue weighted by Crippen LogP contribution is 2.20. The molecule has 0 N–H and O–H groups in total. The Morgan fingerprint density at radius 1 is 1.07 bits per heavy atom. The Balaban J connectivity index is 0.000000531. The first-order valence-corrected chi connectivity index (χ1v) is 5.32. The van der Waals surface area contributed by atoms with Gasteiger partial charge in [0.1, 0.15) is 0 Å². The second-order valence-electron chi connectivity index (χ2n) is 3.16. The summed E-state index contributed by atoms with van der Waals surface area (Å²) in [5.74, 6) is 0. The first-order valence-electron chi connectivity index (χ1n) is 5.32. The van der Waals surface area contributed by atoms with E-state index in [9.17, 15) is 0 Å². The van der Waals surface area contributed by atoms with E-state index in [1.165, 1.54) is 11.3 Å². The molecule has 2 nitrogen and oxygen atoms in total. The van der Waals surface area contributed by atoms with Crippen LogP contribution >= 0.6 is 0 Å². The van der Waals surface area contributed by atoms with Crippen molar-refractivity contribution in [1.29, 1.82) is 0 Å². The Morgan fingerprint density at radius 2 is 1.67 bits per heavy atom. The molecule has 2 rings (SSSR count). The van der Waals surface area contributed by atoms with Gasteiger partial charge in [0.15, 0.2) is 0 Å². The van der Waals surface area contributed by atoms with Gasteiger partial charge < -0.3 is 4.57 Å². The van der Waals surface area contributed by atoms with E-state index in [4.69, 9.17) is 0 Å². The molecule has 0 spiro atoms. The van der Waals surface area contributed by atoms with Gasteiger partial charge in [-0.1, -0.05) is 44.2 Å². The maximum atomic E-state index is 4.26. The van der Waals surface area contributed by atoms with Crippen molar-refractivity contribution in [2.75, 3.05) is 0 Å². The van der Waals surface area contributed by atoms with Gasteiger partial charge in [-0.25, -0.2) is 4.98 Å². The summed E-state index contributed by atoms with van der Waals surface area (Å²) in [5.41, 5.74) is 3.49. The molecule has 2 aromatic rings. The first kappa shape index (κ1) is 11.5. The van der Waals surface area contributed by atoms with Crippen molar-refractivity contribution < 1.29 is 0 Å². The highest BCUT2D eigenvalue weighted by atomic mass is 15.0. The van der Waals surface area contributed by atoms with E-state index in [0.717, 1.165) is 5.69 Å². The quantitative estimate of drug-likeness (QED) is 0.692. The smallest absolute Gasteiger partial charge is 0.0951 e. The molecule has 1 aromatic carbocycles. The Kier molecular flexibility index (Phi) is 4.10. The molecule has 15 heavy (non-hydrogen) atoms. The summed E-state index contributed by atoms with van der Waals surface area (Å²) in [4.78, 5) is 4.26. The van der Waals surface area contributed by atoms with Gasteiger partial charge in [0.25, 0.3) is 0 Å². The predicted molar refractivity (Wildman–Crippen MR) is 64.7 cm³/mol. The average Bonchev–Trinajstić information content (AvgIpc) is 2.63. The lowest BCUT2D eigenvalue weighted by Crippen LogP contribution is -1.90. The van der Waals surface area contributed by atoms with E-state index in [-0.39, 0.29) is 0 Å². The highest BCUT2D eigenvalue weighted by Gasteiger charge is 2.05. The second-order valence-corrected chi connectivity index (χ2v) is 3.16. The van der Waals surface area contributed by atoms with Crippen molar-refractivity contribution in [2.24, 2.45) is 7.05 Å². The molecule has 0 atom stereocenters. The van der Waals surface area contributed by atoms with Gasteiger partial charge in [0, 0.05) is 12.6 Å². The third kappa shape index (κ3) is 2.46. The zero-order valence-corrected chi connectivity index (χ0v) is 9.86. The SMILES string of the molecule is CC.Cc1ncn(C)c1-c1ccccc1. The van der Waals surface area contributed by atoms with E-state index in [1.54, 1.807) is 0 Å². The first-order chi connectivity index (χ1) is 7.29. The van der Waals surface area contributed by atoms with E-state index >= 15 is 0 Å². The third-order valence-corrected chi connectivity index (χ3v) is 2.17. The summed E-state index contributed by atoms with van der Waals surface area (Å²) in [6, 6.07) is 10.3. The molecular weight excluding hydrogens is 184 g/mol. The molecule has 1 heterocycles. The summed E-state index contributed by atoms with van der Waals surface area (Å²) < 4.78 is 2.05. The number of imidazole rings is 1. The van der Waals surface area contributed by atoms with Gasteiger partial charge >= 0.3 is 0 Å². The standard InChI is InChI=1S/C11H12N2.C2H6/c1-9-11(13(2)8-12-9)10-6-4-3-5-7-10;1-2/h3-8H,1-2H3;1-2H3. The van der Waals surface area contributed by atoms with Crippen LogP contribution in [-0.4, -0.2) is 9.55 Å². The van der Waals surface area contributed by atoms with Crippen LogP contribution in [0.5, 0.6) is 0 Å². The minimum absolute atomic E-state index is 1.08. The molecule has 0 unspecified atom stereocenters. The molecule has 80 valence electrons. The van der Waals surface area contributed by atoms with Crippen molar-refractivity contribution in [3.63, 3.8) is 0 Å². The summed E-state index contributed by atoms with van der Waals surface area (Å²) in [5, 5.41) is 0. The zero-order valence-electron chi connectivity index (χ0n) is 9.86. The lowest BCUT2D eigenvalue weighted by Gasteiger charge is -2.02. The number of rotatable bonds is 1. The summed E-state index contributed by atoms with van der Waals surface area (Å²) in [7, 11) is 2.02. The molecule has 0 saturated heterocycles. The summed E-state index contributed by atoms with van der Waals surface area (Å²) >= 11 is 0. The van der Waals surface area contributed by atoms with Crippen molar-refractivity contribution in [2.45, 2.75) is 20.8 Å². The van der Waals surface area contributed by atoms with E-state index < -0.39 is 0 Å². The third-order valence-electron chi connectivity index (χ3n) is 2.17. The van der Waals surface area contributed by atoms with Crippen molar-refractivity contribution in [1.82, 2.24) is 9.55 Å². The number of benzene rings is 1. The van der Waals surface area contributed by atoms with Gasteiger partial charge in [-0.15, -0.1) is 0 Å². The topological polar surface area (TPSA) is 17.8 Å². The molecule has 0 radical (unpaired) electrons. The zero-order chi connectivity index (χ0) is 11.3. The summed E-state index contributed by atoms with van der Waals surface area (Å²) in [6.07, 6.45) is 1.84. The number of nitrogens with zero attached hydrogens (tertiary/aromatic N) is 2. The molecule has 2 heteroatoms. The van der Waals surface area contributed by atoms with Crippen LogP contribution in [0.1, 0.15) is 19.5 Å². The van der Waals surface area contributed by atoms with E-state index in [1.807, 2.05) is 56.9 Å². The number of aryl methyl sites for hydroxylation is 2. The summed E-state index contributed by atoms with van der Waals surface area (Å²) in [6.45, 7) is 6.03. The molecular formula is C13H18N2. The van der Waals surface area contributed by atoms with Crippen molar-refractivity contribution in [3.05, 3.63) is 42.4 Å². The van der Waals surface area contributed by atoms with Crippen LogP contribution in [0.4, 0.5) is 0 Å². The Labute approximate surface area is 91.6 Å². The minimum atomic E-state index is 1.08. The Morgan fingerprint density at radius 3 is 2.13 bits per heavy atom. The van der Waals surface area contributed by atoms with Crippen LogP contribution < -0.4 is 0 Å². The second kappa shape index (κ2) is 5.35. The van der Waals surface area contributed by atoms with Crippen molar-refractivity contribution >= 4 is 0 Å². The lowest BCUT2D eigenvalue weighted by atomic mass is 10.1. The molecule has 0 fully saturated rings. The van der Waals surface area contributed by atoms with Gasteiger partial charge in [-0.05, 0) is 6.92 Å². The van der Waals surface area contributed by atoms with E-state index in [2.05, 4.69) is 17.1 Å². The monoisotopic (exact) mass is 202 g/mol. The van der Waals surface area contributed by atoms with Crippen molar-refractivity contribution in [3.8, 4) is 11.3 Å². The van der Waals surface area contributed by atoms with E-state index in [0.29, 0.717) is 0 Å². The largest absolute Gasteiger partial charge is 0.334 e. The molecule has 0 saturated carbocycles. The lowest BCUT2D eigenvalue weighted by molar-refractivity contribution is 0.921. The molecule has 0 aliphatic rings. The van der Waals surface area contributed by atoms with Gasteiger partial charge in [0.05, 0.1) is 17.7 Å². The Bertz CT molecular complexity index is 382. The van der Waals surface area contributed by atoms with Gasteiger partial charge in [-0.2, -0.15) is 0 Å². The molecule has 0 aliphatic carbocycles. The maximum absolute atomic E-state index is 4.26. The number of hydrogen-bond acceptors (Lipinski definition) is 1. The normalized spacial score (nSPS) is 9.33. The number of aromatic nitrogens is 2. The highest BCUT2D eigenvalue weighted by molar-refractivity contribution is 5.61. The number of hydrogen-bond donors (Lipinski definition) is 0. The fourth-order valence-electron chi connectivity index (χ4n) is 1.56. The predicted octanol–water partition coefficient (Wildman–Crippen LogP) is 3.42. The molecule has 0 aliphatic heterocycles. The van der Waals surface area contributed by atoms with Gasteiger partial charge in [-0.3, -0.25) is 0 Å².